The van der Waals surface area contributed by atoms with Gasteiger partial charge in [0.1, 0.15) is 12.2 Å². The molecule has 7 heteroatoms. The topological polar surface area (TPSA) is 76.7 Å². The molecule has 2 amide bonds. The molecule has 0 saturated carbocycles. The first-order valence-corrected chi connectivity index (χ1v) is 6.85. The molecule has 1 atom stereocenters. The number of carbonyl (C=O) groups is 2. The van der Waals surface area contributed by atoms with Gasteiger partial charge in [0, 0.05) is 10.6 Å². The molecule has 1 aromatic rings. The minimum atomic E-state index is -0.604. The molecule has 1 aliphatic rings. The summed E-state index contributed by atoms with van der Waals surface area (Å²) in [6.45, 7) is 5.52. The smallest absolute Gasteiger partial charge is 0.412 e. The molecule has 114 valence electrons. The van der Waals surface area contributed by atoms with E-state index in [4.69, 9.17) is 21.1 Å². The van der Waals surface area contributed by atoms with Crippen LogP contribution in [0, 0.1) is 0 Å². The van der Waals surface area contributed by atoms with Crippen molar-refractivity contribution in [3.63, 3.8) is 0 Å². The number of halogens is 1. The maximum absolute atomic E-state index is 11.9. The van der Waals surface area contributed by atoms with Gasteiger partial charge in [-0.3, -0.25) is 5.32 Å². The van der Waals surface area contributed by atoms with E-state index < -0.39 is 17.8 Å². The number of nitrogens with one attached hydrogen (secondary N) is 2. The van der Waals surface area contributed by atoms with Gasteiger partial charge in [0.15, 0.2) is 0 Å². The van der Waals surface area contributed by atoms with Crippen molar-refractivity contribution in [1.82, 2.24) is 5.32 Å². The first-order chi connectivity index (χ1) is 9.74. The van der Waals surface area contributed by atoms with E-state index in [0.717, 1.165) is 0 Å². The van der Waals surface area contributed by atoms with Crippen LogP contribution >= 0.6 is 11.6 Å². The third kappa shape index (κ3) is 4.26. The van der Waals surface area contributed by atoms with Gasteiger partial charge in [-0.15, -0.1) is 0 Å². The molecule has 0 radical (unpaired) electrons. The average Bonchev–Trinajstić information content (AvgIpc) is 2.73. The summed E-state index contributed by atoms with van der Waals surface area (Å²) in [5.41, 5.74) is 0.580. The predicted octanol–water partition coefficient (Wildman–Crippen LogP) is 3.47. The maximum Gasteiger partial charge on any atom is 0.412 e. The Hall–Kier alpha value is -1.95. The molecule has 0 spiro atoms. The normalized spacial score (nSPS) is 17.9. The van der Waals surface area contributed by atoms with E-state index >= 15 is 0 Å². The summed E-state index contributed by atoms with van der Waals surface area (Å²) in [6, 6.07) is 4.68. The molecule has 1 fully saturated rings. The first kappa shape index (κ1) is 15.4. The van der Waals surface area contributed by atoms with E-state index in [2.05, 4.69) is 10.6 Å². The number of amides is 2. The molecular formula is C14H17ClN2O4. The van der Waals surface area contributed by atoms with Crippen LogP contribution < -0.4 is 10.6 Å². The Morgan fingerprint density at radius 2 is 2.19 bits per heavy atom. The third-order valence-electron chi connectivity index (χ3n) is 2.70. The highest BCUT2D eigenvalue weighted by molar-refractivity contribution is 6.31. The lowest BCUT2D eigenvalue weighted by atomic mass is 10.1. The van der Waals surface area contributed by atoms with E-state index in [-0.39, 0.29) is 12.6 Å². The van der Waals surface area contributed by atoms with Gasteiger partial charge >= 0.3 is 12.2 Å². The average molecular weight is 313 g/mol. The van der Waals surface area contributed by atoms with Crippen molar-refractivity contribution in [1.29, 1.82) is 0 Å². The molecule has 0 aromatic heterocycles. The number of cyclic esters (lactones) is 1. The van der Waals surface area contributed by atoms with E-state index in [1.165, 1.54) is 0 Å². The summed E-state index contributed by atoms with van der Waals surface area (Å²) in [4.78, 5) is 23.0. The first-order valence-electron chi connectivity index (χ1n) is 6.47. The van der Waals surface area contributed by atoms with Gasteiger partial charge in [0.05, 0.1) is 11.7 Å². The van der Waals surface area contributed by atoms with E-state index in [0.29, 0.717) is 16.3 Å². The highest BCUT2D eigenvalue weighted by Crippen LogP contribution is 2.29. The van der Waals surface area contributed by atoms with Crippen LogP contribution in [0.2, 0.25) is 5.02 Å². The van der Waals surface area contributed by atoms with Crippen molar-refractivity contribution in [2.75, 3.05) is 11.9 Å². The van der Waals surface area contributed by atoms with E-state index in [1.807, 2.05) is 0 Å². The van der Waals surface area contributed by atoms with Gasteiger partial charge in [-0.2, -0.15) is 0 Å². The lowest BCUT2D eigenvalue weighted by Crippen LogP contribution is -2.28. The van der Waals surface area contributed by atoms with Gasteiger partial charge in [-0.25, -0.2) is 9.59 Å². The number of hydrogen-bond donors (Lipinski definition) is 2. The lowest BCUT2D eigenvalue weighted by molar-refractivity contribution is 0.0635. The van der Waals surface area contributed by atoms with Crippen molar-refractivity contribution in [3.8, 4) is 0 Å². The van der Waals surface area contributed by atoms with Crippen LogP contribution in [0.4, 0.5) is 15.3 Å². The second-order valence-electron chi connectivity index (χ2n) is 5.65. The number of benzene rings is 1. The zero-order valence-corrected chi connectivity index (χ0v) is 12.8. The highest BCUT2D eigenvalue weighted by Gasteiger charge is 2.27. The molecule has 1 saturated heterocycles. The monoisotopic (exact) mass is 312 g/mol. The SMILES string of the molecule is CC(C)(C)OC(=O)Nc1cc(Cl)ccc1C1COC(=O)N1. The van der Waals surface area contributed by atoms with Gasteiger partial charge in [0.2, 0.25) is 0 Å². The summed E-state index contributed by atoms with van der Waals surface area (Å²) in [6.07, 6.45) is -1.07. The molecule has 21 heavy (non-hydrogen) atoms. The van der Waals surface area contributed by atoms with Crippen molar-refractivity contribution >= 4 is 29.5 Å². The molecule has 1 aromatic carbocycles. The summed E-state index contributed by atoms with van der Waals surface area (Å²) >= 11 is 5.96. The Labute approximate surface area is 127 Å². The Bertz CT molecular complexity index is 569. The molecule has 6 nitrogen and oxygen atoms in total. The Balaban J connectivity index is 2.19. The number of carbonyl (C=O) groups excluding carboxylic acids is 2. The minimum absolute atomic E-state index is 0.198. The minimum Gasteiger partial charge on any atom is -0.447 e. The fraction of sp³-hybridized carbons (Fsp3) is 0.429. The number of ether oxygens (including phenoxy) is 2. The number of alkyl carbamates (subject to hydrolysis) is 1. The second-order valence-corrected chi connectivity index (χ2v) is 6.09. The zero-order chi connectivity index (χ0) is 15.6. The summed E-state index contributed by atoms with van der Waals surface area (Å²) in [5, 5.41) is 5.77. The standard InChI is InChI=1S/C14H17ClN2O4/c1-14(2,3)21-13(19)16-10-6-8(15)4-5-9(10)11-7-20-12(18)17-11/h4-6,11H,7H2,1-3H3,(H,16,19)(H,17,18). The van der Waals surface area contributed by atoms with Crippen LogP contribution in [0.3, 0.4) is 0 Å². The van der Waals surface area contributed by atoms with Crippen LogP contribution in [-0.2, 0) is 9.47 Å². The molecule has 0 bridgehead atoms. The van der Waals surface area contributed by atoms with E-state index in [1.54, 1.807) is 39.0 Å². The number of rotatable bonds is 2. The van der Waals surface area contributed by atoms with Crippen molar-refractivity contribution in [2.45, 2.75) is 32.4 Å². The van der Waals surface area contributed by atoms with Gasteiger partial charge in [0.25, 0.3) is 0 Å². The van der Waals surface area contributed by atoms with Crippen molar-refractivity contribution in [3.05, 3.63) is 28.8 Å². The molecule has 0 aliphatic carbocycles. The van der Waals surface area contributed by atoms with Gasteiger partial charge in [-0.05, 0) is 32.9 Å². The third-order valence-corrected chi connectivity index (χ3v) is 2.93. The molecule has 2 rings (SSSR count). The fourth-order valence-corrected chi connectivity index (χ4v) is 2.08. The Morgan fingerprint density at radius 1 is 1.48 bits per heavy atom. The van der Waals surface area contributed by atoms with Crippen LogP contribution in [0.1, 0.15) is 32.4 Å². The van der Waals surface area contributed by atoms with Crippen LogP contribution in [-0.4, -0.2) is 24.4 Å². The van der Waals surface area contributed by atoms with Gasteiger partial charge < -0.3 is 14.8 Å². The lowest BCUT2D eigenvalue weighted by Gasteiger charge is -2.21. The Kier molecular flexibility index (Phi) is 4.27. The predicted molar refractivity (Wildman–Crippen MR) is 78.5 cm³/mol. The molecule has 1 unspecified atom stereocenters. The largest absolute Gasteiger partial charge is 0.447 e. The van der Waals surface area contributed by atoms with Crippen molar-refractivity contribution in [2.24, 2.45) is 0 Å². The quantitative estimate of drug-likeness (QED) is 0.876. The zero-order valence-electron chi connectivity index (χ0n) is 12.0. The number of hydrogen-bond acceptors (Lipinski definition) is 4. The van der Waals surface area contributed by atoms with Crippen molar-refractivity contribution < 1.29 is 19.1 Å². The van der Waals surface area contributed by atoms with Crippen LogP contribution in [0.15, 0.2) is 18.2 Å². The fourth-order valence-electron chi connectivity index (χ4n) is 1.91. The molecule has 1 heterocycles. The molecule has 2 N–H and O–H groups in total. The van der Waals surface area contributed by atoms with Crippen LogP contribution in [0.25, 0.3) is 0 Å². The summed E-state index contributed by atoms with van der Waals surface area (Å²) in [5.74, 6) is 0. The Morgan fingerprint density at radius 3 is 2.76 bits per heavy atom. The molecule has 1 aliphatic heterocycles. The molecular weight excluding hydrogens is 296 g/mol. The maximum atomic E-state index is 11.9. The van der Waals surface area contributed by atoms with Crippen LogP contribution in [0.5, 0.6) is 0 Å². The highest BCUT2D eigenvalue weighted by atomic mass is 35.5. The summed E-state index contributed by atoms with van der Waals surface area (Å²) in [7, 11) is 0. The van der Waals surface area contributed by atoms with Gasteiger partial charge in [-0.1, -0.05) is 17.7 Å². The summed E-state index contributed by atoms with van der Waals surface area (Å²) < 4.78 is 10.1. The second kappa shape index (κ2) is 5.81. The number of anilines is 1. The van der Waals surface area contributed by atoms with E-state index in [9.17, 15) is 9.59 Å².